The second-order valence-corrected chi connectivity index (χ2v) is 8.23. The Labute approximate surface area is 173 Å². The number of halogens is 1. The van der Waals surface area contributed by atoms with E-state index in [-0.39, 0.29) is 12.5 Å². The van der Waals surface area contributed by atoms with E-state index in [1.54, 1.807) is 12.5 Å². The summed E-state index contributed by atoms with van der Waals surface area (Å²) in [5, 5.41) is 12.3. The Morgan fingerprint density at radius 3 is 2.75 bits per heavy atom. The lowest BCUT2D eigenvalue weighted by atomic mass is 10.2. The van der Waals surface area contributed by atoms with E-state index in [0.29, 0.717) is 21.7 Å². The minimum atomic E-state index is -0.271. The molecule has 2 N–H and O–H groups in total. The molecule has 10 heteroatoms. The molecule has 1 amide bonds. The van der Waals surface area contributed by atoms with Crippen LogP contribution in [0.15, 0.2) is 41.8 Å². The second-order valence-electron chi connectivity index (χ2n) is 5.66. The van der Waals surface area contributed by atoms with E-state index in [9.17, 15) is 4.79 Å². The number of thiazole rings is 1. The molecule has 0 bridgehead atoms. The van der Waals surface area contributed by atoms with Gasteiger partial charge in [-0.1, -0.05) is 11.6 Å². The van der Waals surface area contributed by atoms with Crippen LogP contribution in [0.25, 0.3) is 21.3 Å². The maximum Gasteiger partial charge on any atom is 0.271 e. The van der Waals surface area contributed by atoms with Gasteiger partial charge in [-0.25, -0.2) is 9.97 Å². The number of hydrogen-bond donors (Lipinski definition) is 2. The van der Waals surface area contributed by atoms with E-state index in [4.69, 9.17) is 16.3 Å². The summed E-state index contributed by atoms with van der Waals surface area (Å²) in [6.45, 7) is 0.222. The first-order chi connectivity index (χ1) is 13.6. The molecule has 4 rings (SSSR count). The molecule has 3 aromatic heterocycles. The molecule has 0 unspecified atom stereocenters. The van der Waals surface area contributed by atoms with Gasteiger partial charge < -0.3 is 10.1 Å². The largest absolute Gasteiger partial charge is 0.497 e. The van der Waals surface area contributed by atoms with Crippen LogP contribution in [0.4, 0.5) is 0 Å². The van der Waals surface area contributed by atoms with Crippen LogP contribution < -0.4 is 10.1 Å². The van der Waals surface area contributed by atoms with E-state index in [2.05, 4.69) is 25.5 Å². The first kappa shape index (κ1) is 18.6. The first-order valence-electron chi connectivity index (χ1n) is 8.17. The van der Waals surface area contributed by atoms with Crippen molar-refractivity contribution in [2.45, 2.75) is 6.54 Å². The smallest absolute Gasteiger partial charge is 0.271 e. The molecule has 0 atom stereocenters. The van der Waals surface area contributed by atoms with Crippen LogP contribution >= 0.6 is 34.3 Å². The van der Waals surface area contributed by atoms with Crippen molar-refractivity contribution < 1.29 is 9.53 Å². The van der Waals surface area contributed by atoms with Crippen molar-refractivity contribution in [3.05, 3.63) is 57.6 Å². The standard InChI is InChI=1S/C18H14ClN5O2S2/c1-26-11-4-2-10(3-5-11)16-22-15(23-24-16)8-20-17(25)12-9-27-18(21-12)13-6-7-14(19)28-13/h2-7,9H,8H2,1H3,(H,20,25)(H,22,23,24). The normalized spacial score (nSPS) is 10.8. The van der Waals surface area contributed by atoms with E-state index in [0.717, 1.165) is 21.2 Å². The number of nitrogens with one attached hydrogen (secondary N) is 2. The highest BCUT2D eigenvalue weighted by Gasteiger charge is 2.14. The summed E-state index contributed by atoms with van der Waals surface area (Å²) in [7, 11) is 1.61. The highest BCUT2D eigenvalue weighted by Crippen LogP contribution is 2.32. The summed E-state index contributed by atoms with van der Waals surface area (Å²) < 4.78 is 5.83. The minimum absolute atomic E-state index is 0.222. The summed E-state index contributed by atoms with van der Waals surface area (Å²) in [6.07, 6.45) is 0. The molecule has 142 valence electrons. The van der Waals surface area contributed by atoms with Gasteiger partial charge in [-0.3, -0.25) is 9.89 Å². The van der Waals surface area contributed by atoms with Gasteiger partial charge in [0.2, 0.25) is 0 Å². The summed E-state index contributed by atoms with van der Waals surface area (Å²) >= 11 is 8.79. The van der Waals surface area contributed by atoms with Gasteiger partial charge in [0.25, 0.3) is 5.91 Å². The van der Waals surface area contributed by atoms with Gasteiger partial charge in [0.05, 0.1) is 22.9 Å². The van der Waals surface area contributed by atoms with E-state index < -0.39 is 0 Å². The number of nitrogens with zero attached hydrogens (tertiary/aromatic N) is 3. The zero-order chi connectivity index (χ0) is 19.5. The molecule has 28 heavy (non-hydrogen) atoms. The zero-order valence-corrected chi connectivity index (χ0v) is 17.0. The lowest BCUT2D eigenvalue weighted by Crippen LogP contribution is -2.23. The number of aromatic nitrogens is 4. The number of aromatic amines is 1. The second kappa shape index (κ2) is 8.09. The maximum atomic E-state index is 12.3. The number of thiophene rings is 1. The Hall–Kier alpha value is -2.75. The number of rotatable bonds is 6. The Balaban J connectivity index is 1.38. The molecule has 7 nitrogen and oxygen atoms in total. The monoisotopic (exact) mass is 431 g/mol. The number of carbonyl (C=O) groups is 1. The molecule has 0 aliphatic rings. The van der Waals surface area contributed by atoms with Crippen molar-refractivity contribution in [1.29, 1.82) is 0 Å². The summed E-state index contributed by atoms with van der Waals surface area (Å²) in [5.74, 6) is 1.60. The number of benzene rings is 1. The van der Waals surface area contributed by atoms with Crippen molar-refractivity contribution >= 4 is 40.2 Å². The molecule has 0 aliphatic heterocycles. The van der Waals surface area contributed by atoms with E-state index >= 15 is 0 Å². The van der Waals surface area contributed by atoms with Crippen molar-refractivity contribution in [2.24, 2.45) is 0 Å². The fraction of sp³-hybridized carbons (Fsp3) is 0.111. The van der Waals surface area contributed by atoms with Gasteiger partial charge in [0.15, 0.2) is 5.82 Å². The summed E-state index contributed by atoms with van der Waals surface area (Å²) in [5.41, 5.74) is 1.22. The van der Waals surface area contributed by atoms with Crippen molar-refractivity contribution in [2.75, 3.05) is 7.11 Å². The number of hydrogen-bond acceptors (Lipinski definition) is 7. The Morgan fingerprint density at radius 1 is 1.21 bits per heavy atom. The fourth-order valence-corrected chi connectivity index (χ4v) is 4.33. The van der Waals surface area contributed by atoms with Crippen molar-refractivity contribution in [3.8, 4) is 27.0 Å². The van der Waals surface area contributed by atoms with E-state index in [1.807, 2.05) is 36.4 Å². The average Bonchev–Trinajstić information content (AvgIpc) is 3.46. The van der Waals surface area contributed by atoms with Crippen LogP contribution in [-0.2, 0) is 6.54 Å². The van der Waals surface area contributed by atoms with Gasteiger partial charge in [0, 0.05) is 10.9 Å². The van der Waals surface area contributed by atoms with Crippen LogP contribution in [0.3, 0.4) is 0 Å². The quantitative estimate of drug-likeness (QED) is 0.476. The molecule has 0 fully saturated rings. The summed E-state index contributed by atoms with van der Waals surface area (Å²) in [6, 6.07) is 11.1. The van der Waals surface area contributed by atoms with Gasteiger partial charge in [-0.2, -0.15) is 5.10 Å². The van der Waals surface area contributed by atoms with Gasteiger partial charge in [-0.15, -0.1) is 22.7 Å². The molecule has 0 spiro atoms. The molecule has 0 saturated carbocycles. The molecule has 0 radical (unpaired) electrons. The molecule has 0 aliphatic carbocycles. The lowest BCUT2D eigenvalue weighted by Gasteiger charge is -2.00. The molecule has 1 aromatic carbocycles. The lowest BCUT2D eigenvalue weighted by molar-refractivity contribution is 0.0945. The van der Waals surface area contributed by atoms with Gasteiger partial charge in [0.1, 0.15) is 22.3 Å². The minimum Gasteiger partial charge on any atom is -0.497 e. The third-order valence-corrected chi connectivity index (χ3v) is 6.06. The van der Waals surface area contributed by atoms with Crippen LogP contribution in [0, 0.1) is 0 Å². The first-order valence-corrected chi connectivity index (χ1v) is 10.2. The Bertz CT molecular complexity index is 1100. The number of H-pyrrole nitrogens is 1. The molecule has 0 saturated heterocycles. The number of carbonyl (C=O) groups excluding carboxylic acids is 1. The third-order valence-electron chi connectivity index (χ3n) is 3.82. The number of methoxy groups -OCH3 is 1. The van der Waals surface area contributed by atoms with E-state index in [1.165, 1.54) is 22.7 Å². The highest BCUT2D eigenvalue weighted by molar-refractivity contribution is 7.23. The van der Waals surface area contributed by atoms with Crippen LogP contribution in [0.2, 0.25) is 4.34 Å². The SMILES string of the molecule is COc1ccc(-c2n[nH]c(CNC(=O)c3csc(-c4ccc(Cl)s4)n3)n2)cc1. The van der Waals surface area contributed by atoms with Crippen molar-refractivity contribution in [1.82, 2.24) is 25.5 Å². The maximum absolute atomic E-state index is 12.3. The predicted molar refractivity (Wildman–Crippen MR) is 110 cm³/mol. The van der Waals surface area contributed by atoms with Crippen molar-refractivity contribution in [3.63, 3.8) is 0 Å². The average molecular weight is 432 g/mol. The molecule has 3 heterocycles. The molecular formula is C18H14ClN5O2S2. The molecule has 4 aromatic rings. The zero-order valence-electron chi connectivity index (χ0n) is 14.6. The summed E-state index contributed by atoms with van der Waals surface area (Å²) in [4.78, 5) is 22.1. The van der Waals surface area contributed by atoms with Crippen LogP contribution in [0.5, 0.6) is 5.75 Å². The molecular weight excluding hydrogens is 418 g/mol. The topological polar surface area (TPSA) is 92.8 Å². The number of ether oxygens (including phenoxy) is 1. The van der Waals surface area contributed by atoms with Crippen LogP contribution in [0.1, 0.15) is 16.3 Å². The Kier molecular flexibility index (Phi) is 5.38. The van der Waals surface area contributed by atoms with Crippen LogP contribution in [-0.4, -0.2) is 33.2 Å². The fourth-order valence-electron chi connectivity index (χ4n) is 2.42. The third kappa shape index (κ3) is 4.06. The van der Waals surface area contributed by atoms with Gasteiger partial charge >= 0.3 is 0 Å². The van der Waals surface area contributed by atoms with Gasteiger partial charge in [-0.05, 0) is 36.4 Å². The predicted octanol–water partition coefficient (Wildman–Crippen LogP) is 4.25. The Morgan fingerprint density at radius 2 is 2.04 bits per heavy atom. The highest BCUT2D eigenvalue weighted by atomic mass is 35.5. The number of amides is 1.